The number of ether oxygens (including phenoxy) is 2. The van der Waals surface area contributed by atoms with Gasteiger partial charge >= 0.3 is 0 Å². The van der Waals surface area contributed by atoms with Gasteiger partial charge in [-0.3, -0.25) is 19.4 Å². The van der Waals surface area contributed by atoms with E-state index in [1.807, 2.05) is 0 Å². The number of benzene rings is 2. The Morgan fingerprint density at radius 2 is 1.65 bits per heavy atom. The first kappa shape index (κ1) is 21.4. The van der Waals surface area contributed by atoms with E-state index in [1.165, 1.54) is 17.0 Å². The number of aromatic nitrogens is 1. The largest absolute Gasteiger partial charge is 0.356 e. The van der Waals surface area contributed by atoms with E-state index in [-0.39, 0.29) is 30.1 Å². The molecule has 3 aromatic rings. The lowest BCUT2D eigenvalue weighted by Gasteiger charge is -2.38. The van der Waals surface area contributed by atoms with Gasteiger partial charge in [-0.15, -0.1) is 0 Å². The molecule has 0 N–H and O–H groups in total. The average molecular weight is 465 g/mol. The molecule has 0 saturated carbocycles. The van der Waals surface area contributed by atoms with E-state index >= 15 is 0 Å². The van der Waals surface area contributed by atoms with E-state index in [1.54, 1.807) is 30.3 Å². The fraction of sp³-hybridized carbons (Fsp3) is 0.400. The Kier molecular flexibility index (Phi) is 5.20. The van der Waals surface area contributed by atoms with Crippen molar-refractivity contribution in [2.45, 2.75) is 24.5 Å². The summed E-state index contributed by atoms with van der Waals surface area (Å²) in [6.45, 7) is 2.90. The Morgan fingerprint density at radius 1 is 0.971 bits per heavy atom. The minimum Gasteiger partial charge on any atom is -0.356 e. The van der Waals surface area contributed by atoms with Crippen molar-refractivity contribution >= 4 is 22.8 Å². The van der Waals surface area contributed by atoms with Gasteiger partial charge in [-0.05, 0) is 50.2 Å². The number of carbonyl (C=O) groups excluding carboxylic acids is 2. The molecule has 0 unspecified atom stereocenters. The van der Waals surface area contributed by atoms with E-state index in [0.717, 1.165) is 37.0 Å². The van der Waals surface area contributed by atoms with E-state index in [9.17, 15) is 14.0 Å². The van der Waals surface area contributed by atoms with Crippen LogP contribution in [0.25, 0.3) is 11.0 Å². The molecule has 176 valence electrons. The molecule has 0 aliphatic carbocycles. The van der Waals surface area contributed by atoms with Crippen LogP contribution in [0.1, 0.15) is 45.2 Å². The van der Waals surface area contributed by atoms with Crippen LogP contribution in [-0.4, -0.2) is 72.0 Å². The van der Waals surface area contributed by atoms with Crippen LogP contribution < -0.4 is 0 Å². The first-order chi connectivity index (χ1) is 16.5. The highest BCUT2D eigenvalue weighted by molar-refractivity contribution is 6.21. The second-order valence-corrected chi connectivity index (χ2v) is 9.11. The Hall–Kier alpha value is -3.14. The molecule has 1 aromatic heterocycles. The van der Waals surface area contributed by atoms with Crippen LogP contribution in [0.2, 0.25) is 0 Å². The highest BCUT2D eigenvalue weighted by atomic mass is 19.1. The summed E-state index contributed by atoms with van der Waals surface area (Å²) in [5.74, 6) is -1.80. The number of amides is 2. The minimum atomic E-state index is -1.04. The normalized spacial score (nSPS) is 21.0. The molecule has 2 amide bonds. The molecule has 3 aliphatic heterocycles. The fourth-order valence-corrected chi connectivity index (χ4v) is 5.28. The summed E-state index contributed by atoms with van der Waals surface area (Å²) in [5.41, 5.74) is 2.16. The minimum absolute atomic E-state index is 0.0543. The third kappa shape index (κ3) is 3.60. The lowest BCUT2D eigenvalue weighted by atomic mass is 9.91. The Labute approximate surface area is 195 Å². The molecule has 0 radical (unpaired) electrons. The number of likely N-dealkylation sites (tertiary alicyclic amines) is 1. The molecular formula is C25H24FN3O5. The lowest BCUT2D eigenvalue weighted by Crippen LogP contribution is -2.54. The smallest absolute Gasteiger partial charge is 0.261 e. The van der Waals surface area contributed by atoms with Gasteiger partial charge in [0.25, 0.3) is 11.8 Å². The molecule has 9 heteroatoms. The van der Waals surface area contributed by atoms with E-state index < -0.39 is 5.79 Å². The zero-order chi connectivity index (χ0) is 23.3. The maximum atomic E-state index is 13.5. The highest BCUT2D eigenvalue weighted by Gasteiger charge is 2.46. The van der Waals surface area contributed by atoms with E-state index in [4.69, 9.17) is 14.0 Å². The summed E-state index contributed by atoms with van der Waals surface area (Å²) < 4.78 is 30.8. The number of hydrogen-bond acceptors (Lipinski definition) is 7. The number of nitrogens with zero attached hydrogens (tertiary/aromatic N) is 3. The van der Waals surface area contributed by atoms with Gasteiger partial charge in [0.05, 0.1) is 43.1 Å². The molecule has 8 nitrogen and oxygen atoms in total. The van der Waals surface area contributed by atoms with Gasteiger partial charge in [0.1, 0.15) is 5.82 Å². The van der Waals surface area contributed by atoms with Crippen LogP contribution in [0.3, 0.4) is 0 Å². The second-order valence-electron chi connectivity index (χ2n) is 9.11. The van der Waals surface area contributed by atoms with Crippen molar-refractivity contribution in [3.8, 4) is 0 Å². The van der Waals surface area contributed by atoms with Crippen molar-refractivity contribution in [2.75, 3.05) is 39.4 Å². The third-order valence-corrected chi connectivity index (χ3v) is 6.99. The molecule has 2 saturated heterocycles. The van der Waals surface area contributed by atoms with Crippen molar-refractivity contribution in [1.29, 1.82) is 0 Å². The molecule has 4 heterocycles. The van der Waals surface area contributed by atoms with Crippen LogP contribution >= 0.6 is 0 Å². The van der Waals surface area contributed by atoms with Crippen molar-refractivity contribution in [3.05, 3.63) is 65.1 Å². The van der Waals surface area contributed by atoms with Crippen molar-refractivity contribution < 1.29 is 28.0 Å². The monoisotopic (exact) mass is 465 g/mol. The number of rotatable bonds is 5. The zero-order valence-electron chi connectivity index (χ0n) is 18.5. The number of halogens is 1. The number of piperidine rings is 1. The van der Waals surface area contributed by atoms with Gasteiger partial charge in [-0.2, -0.15) is 0 Å². The number of fused-ring (bicyclic) bond motifs is 2. The van der Waals surface area contributed by atoms with Crippen LogP contribution in [0.4, 0.5) is 4.39 Å². The van der Waals surface area contributed by atoms with Crippen LogP contribution in [0, 0.1) is 5.82 Å². The highest BCUT2D eigenvalue weighted by Crippen LogP contribution is 2.34. The summed E-state index contributed by atoms with van der Waals surface area (Å²) in [6.07, 6.45) is 1.70. The van der Waals surface area contributed by atoms with Crippen molar-refractivity contribution in [1.82, 2.24) is 15.0 Å². The molecule has 0 bridgehead atoms. The average Bonchev–Trinajstić information content (AvgIpc) is 3.54. The maximum Gasteiger partial charge on any atom is 0.261 e. The SMILES string of the molecule is O=C1c2ccccc2C(=O)N1CC1(CN2CCC(c3noc4cc(F)ccc34)CC2)OCCO1. The van der Waals surface area contributed by atoms with E-state index in [2.05, 4.69) is 10.1 Å². The lowest BCUT2D eigenvalue weighted by molar-refractivity contribution is -0.176. The third-order valence-electron chi connectivity index (χ3n) is 6.99. The zero-order valence-corrected chi connectivity index (χ0v) is 18.5. The van der Waals surface area contributed by atoms with Gasteiger partial charge in [0.2, 0.25) is 0 Å². The summed E-state index contributed by atoms with van der Waals surface area (Å²) in [6, 6.07) is 11.4. The van der Waals surface area contributed by atoms with Gasteiger partial charge in [-0.1, -0.05) is 17.3 Å². The predicted octanol–water partition coefficient (Wildman–Crippen LogP) is 3.19. The maximum absolute atomic E-state index is 13.5. The van der Waals surface area contributed by atoms with Crippen LogP contribution in [-0.2, 0) is 9.47 Å². The topological polar surface area (TPSA) is 85.1 Å². The quantitative estimate of drug-likeness (QED) is 0.535. The Bertz CT molecular complexity index is 1230. The standard InChI is InChI=1S/C25H24FN3O5/c26-17-5-6-20-21(13-17)34-27-22(20)16-7-9-28(10-8-16)14-25(32-11-12-33-25)15-29-23(30)18-3-1-2-4-19(18)24(29)31/h1-6,13,16H,7-12,14-15H2. The first-order valence-electron chi connectivity index (χ1n) is 11.5. The summed E-state index contributed by atoms with van der Waals surface area (Å²) in [4.78, 5) is 29.2. The van der Waals surface area contributed by atoms with E-state index in [0.29, 0.717) is 36.5 Å². The summed E-state index contributed by atoms with van der Waals surface area (Å²) in [5, 5.41) is 5.07. The number of imide groups is 1. The molecule has 2 fully saturated rings. The molecule has 34 heavy (non-hydrogen) atoms. The van der Waals surface area contributed by atoms with Crippen LogP contribution in [0.5, 0.6) is 0 Å². The second kappa shape index (κ2) is 8.26. The molecule has 3 aliphatic rings. The molecule has 0 atom stereocenters. The van der Waals surface area contributed by atoms with Crippen molar-refractivity contribution in [3.63, 3.8) is 0 Å². The Balaban J connectivity index is 1.14. The number of carbonyl (C=O) groups is 2. The number of hydrogen-bond donors (Lipinski definition) is 0. The molecule has 6 rings (SSSR count). The molecule has 0 spiro atoms. The molecule has 2 aromatic carbocycles. The fourth-order valence-electron chi connectivity index (χ4n) is 5.28. The van der Waals surface area contributed by atoms with Crippen LogP contribution in [0.15, 0.2) is 47.0 Å². The van der Waals surface area contributed by atoms with Gasteiger partial charge in [0, 0.05) is 17.4 Å². The van der Waals surface area contributed by atoms with Crippen molar-refractivity contribution in [2.24, 2.45) is 0 Å². The molecular weight excluding hydrogens is 441 g/mol. The first-order valence-corrected chi connectivity index (χ1v) is 11.5. The summed E-state index contributed by atoms with van der Waals surface area (Å²) in [7, 11) is 0. The van der Waals surface area contributed by atoms with Gasteiger partial charge in [-0.25, -0.2) is 4.39 Å². The van der Waals surface area contributed by atoms with Gasteiger partial charge in [0.15, 0.2) is 11.4 Å². The summed E-state index contributed by atoms with van der Waals surface area (Å²) >= 11 is 0. The predicted molar refractivity (Wildman–Crippen MR) is 119 cm³/mol. The Morgan fingerprint density at radius 3 is 2.32 bits per heavy atom. The van der Waals surface area contributed by atoms with Gasteiger partial charge < -0.3 is 14.0 Å².